The predicted octanol–water partition coefficient (Wildman–Crippen LogP) is 2.50. The molecule has 9 heteroatoms. The van der Waals surface area contributed by atoms with Gasteiger partial charge in [0, 0.05) is 36.5 Å². The zero-order valence-electron chi connectivity index (χ0n) is 13.9. The van der Waals surface area contributed by atoms with Gasteiger partial charge in [0.15, 0.2) is 0 Å². The minimum atomic E-state index is -0.336. The van der Waals surface area contributed by atoms with Gasteiger partial charge in [0.1, 0.15) is 29.9 Å². The number of hydrogen-bond donors (Lipinski definition) is 1. The number of hydrogen-bond acceptors (Lipinski definition) is 7. The molecule has 0 spiro atoms. The molecule has 3 heterocycles. The third-order valence-corrected chi connectivity index (χ3v) is 3.53. The second-order valence-electron chi connectivity index (χ2n) is 5.36. The maximum Gasteiger partial charge on any atom is 0.275 e. The highest BCUT2D eigenvalue weighted by atomic mass is 16.5. The maximum absolute atomic E-state index is 12.1. The first-order valence-corrected chi connectivity index (χ1v) is 7.93. The zero-order chi connectivity index (χ0) is 18.5. The number of ether oxygens (including phenoxy) is 1. The molecule has 1 amide bonds. The number of anilines is 1. The smallest absolute Gasteiger partial charge is 0.275 e. The monoisotopic (exact) mass is 359 g/mol. The van der Waals surface area contributed by atoms with E-state index in [2.05, 4.69) is 30.2 Å². The van der Waals surface area contributed by atoms with E-state index < -0.39 is 0 Å². The third-order valence-electron chi connectivity index (χ3n) is 3.53. The van der Waals surface area contributed by atoms with Gasteiger partial charge in [-0.2, -0.15) is 0 Å². The van der Waals surface area contributed by atoms with Gasteiger partial charge < -0.3 is 10.1 Å². The number of benzene rings is 1. The van der Waals surface area contributed by atoms with Crippen molar-refractivity contribution in [1.29, 1.82) is 0 Å². The molecule has 132 valence electrons. The average molecular weight is 359 g/mol. The average Bonchev–Trinajstić information content (AvgIpc) is 3.25. The molecule has 0 unspecified atom stereocenters. The lowest BCUT2D eigenvalue weighted by molar-refractivity contribution is 0.102. The van der Waals surface area contributed by atoms with Gasteiger partial charge in [0.05, 0.1) is 6.20 Å². The normalized spacial score (nSPS) is 10.4. The SMILES string of the molecule is O=C(Nc1ccc(Oc2cc(-n3ccnc3)ncn2)cc1)c1cnccn1. The van der Waals surface area contributed by atoms with Gasteiger partial charge in [0.25, 0.3) is 5.91 Å². The summed E-state index contributed by atoms with van der Waals surface area (Å²) in [4.78, 5) is 32.2. The maximum atomic E-state index is 12.1. The molecule has 4 rings (SSSR count). The number of rotatable bonds is 5. The minimum Gasteiger partial charge on any atom is -0.439 e. The van der Waals surface area contributed by atoms with Crippen LogP contribution in [0.2, 0.25) is 0 Å². The van der Waals surface area contributed by atoms with E-state index in [1.165, 1.54) is 24.9 Å². The van der Waals surface area contributed by atoms with E-state index in [0.717, 1.165) is 0 Å². The van der Waals surface area contributed by atoms with E-state index in [-0.39, 0.29) is 11.6 Å². The lowest BCUT2D eigenvalue weighted by atomic mass is 10.3. The fraction of sp³-hybridized carbons (Fsp3) is 0. The fourth-order valence-corrected chi connectivity index (χ4v) is 2.26. The molecular weight excluding hydrogens is 346 g/mol. The summed E-state index contributed by atoms with van der Waals surface area (Å²) in [5.74, 6) is 1.27. The van der Waals surface area contributed by atoms with E-state index in [4.69, 9.17) is 4.74 Å². The molecule has 27 heavy (non-hydrogen) atoms. The summed E-state index contributed by atoms with van der Waals surface area (Å²) < 4.78 is 7.49. The highest BCUT2D eigenvalue weighted by molar-refractivity contribution is 6.02. The summed E-state index contributed by atoms with van der Waals surface area (Å²) >= 11 is 0. The lowest BCUT2D eigenvalue weighted by Crippen LogP contribution is -2.13. The number of nitrogens with zero attached hydrogens (tertiary/aromatic N) is 6. The molecule has 9 nitrogen and oxygen atoms in total. The van der Waals surface area contributed by atoms with Gasteiger partial charge in [-0.15, -0.1) is 0 Å². The number of aromatic nitrogens is 6. The van der Waals surface area contributed by atoms with Crippen LogP contribution < -0.4 is 10.1 Å². The Morgan fingerprint density at radius 2 is 1.89 bits per heavy atom. The molecule has 0 bridgehead atoms. The summed E-state index contributed by atoms with van der Waals surface area (Å²) in [6, 6.07) is 8.60. The Balaban J connectivity index is 1.44. The standard InChI is InChI=1S/C18H13N7O2/c26-18(15-10-19-5-6-21-15)24-13-1-3-14(4-2-13)27-17-9-16(22-11-23-17)25-8-7-20-12-25/h1-12H,(H,24,26). The molecule has 4 aromatic rings. The first-order chi connectivity index (χ1) is 13.3. The van der Waals surface area contributed by atoms with E-state index in [9.17, 15) is 4.79 Å². The van der Waals surface area contributed by atoms with Gasteiger partial charge in [-0.1, -0.05) is 0 Å². The van der Waals surface area contributed by atoms with Crippen molar-refractivity contribution in [2.24, 2.45) is 0 Å². The van der Waals surface area contributed by atoms with Crippen LogP contribution in [0.5, 0.6) is 11.6 Å². The van der Waals surface area contributed by atoms with Crippen LogP contribution in [0, 0.1) is 0 Å². The van der Waals surface area contributed by atoms with Crippen LogP contribution >= 0.6 is 0 Å². The molecule has 0 saturated heterocycles. The van der Waals surface area contributed by atoms with Crippen LogP contribution in [0.4, 0.5) is 5.69 Å². The van der Waals surface area contributed by atoms with Crippen molar-refractivity contribution < 1.29 is 9.53 Å². The highest BCUT2D eigenvalue weighted by Gasteiger charge is 2.08. The molecule has 0 saturated carbocycles. The van der Waals surface area contributed by atoms with Crippen molar-refractivity contribution in [3.63, 3.8) is 0 Å². The molecule has 0 aliphatic rings. The first-order valence-electron chi connectivity index (χ1n) is 7.93. The fourth-order valence-electron chi connectivity index (χ4n) is 2.26. The van der Waals surface area contributed by atoms with Gasteiger partial charge in [-0.05, 0) is 24.3 Å². The third kappa shape index (κ3) is 3.93. The molecule has 3 aromatic heterocycles. The Bertz CT molecular complexity index is 1040. The summed E-state index contributed by atoms with van der Waals surface area (Å²) in [6.45, 7) is 0. The summed E-state index contributed by atoms with van der Waals surface area (Å²) in [5, 5.41) is 2.74. The van der Waals surface area contributed by atoms with E-state index in [1.807, 2.05) is 0 Å². The van der Waals surface area contributed by atoms with Crippen molar-refractivity contribution in [2.75, 3.05) is 5.32 Å². The largest absolute Gasteiger partial charge is 0.439 e. The van der Waals surface area contributed by atoms with Crippen molar-refractivity contribution in [2.45, 2.75) is 0 Å². The van der Waals surface area contributed by atoms with Crippen LogP contribution in [-0.4, -0.2) is 35.4 Å². The second-order valence-corrected chi connectivity index (χ2v) is 5.36. The summed E-state index contributed by atoms with van der Waals surface area (Å²) in [5.41, 5.74) is 0.852. The van der Waals surface area contributed by atoms with Crippen LogP contribution in [0.3, 0.4) is 0 Å². The van der Waals surface area contributed by atoms with Crippen LogP contribution in [-0.2, 0) is 0 Å². The zero-order valence-corrected chi connectivity index (χ0v) is 13.9. The number of carbonyl (C=O) groups excluding carboxylic acids is 1. The van der Waals surface area contributed by atoms with E-state index in [0.29, 0.717) is 23.1 Å². The Kier molecular flexibility index (Phi) is 4.48. The van der Waals surface area contributed by atoms with Crippen molar-refractivity contribution in [3.8, 4) is 17.4 Å². The van der Waals surface area contributed by atoms with Crippen LogP contribution in [0.15, 0.2) is 74.0 Å². The molecule has 0 aliphatic carbocycles. The first kappa shape index (κ1) is 16.3. The molecule has 0 aliphatic heterocycles. The van der Waals surface area contributed by atoms with Crippen molar-refractivity contribution in [1.82, 2.24) is 29.5 Å². The number of imidazole rings is 1. The predicted molar refractivity (Wildman–Crippen MR) is 95.7 cm³/mol. The molecule has 1 N–H and O–H groups in total. The van der Waals surface area contributed by atoms with Gasteiger partial charge in [-0.3, -0.25) is 14.3 Å². The van der Waals surface area contributed by atoms with E-state index in [1.54, 1.807) is 53.6 Å². The summed E-state index contributed by atoms with van der Waals surface area (Å²) in [6.07, 6.45) is 10.9. The van der Waals surface area contributed by atoms with Crippen LogP contribution in [0.25, 0.3) is 5.82 Å². The van der Waals surface area contributed by atoms with Gasteiger partial charge in [0.2, 0.25) is 5.88 Å². The van der Waals surface area contributed by atoms with Crippen molar-refractivity contribution >= 4 is 11.6 Å². The minimum absolute atomic E-state index is 0.242. The number of nitrogens with one attached hydrogen (secondary N) is 1. The second kappa shape index (κ2) is 7.40. The number of carbonyl (C=O) groups is 1. The quantitative estimate of drug-likeness (QED) is 0.583. The van der Waals surface area contributed by atoms with Crippen molar-refractivity contribution in [3.05, 3.63) is 79.7 Å². The molecule has 0 fully saturated rings. The molecule has 1 aromatic carbocycles. The molecule has 0 radical (unpaired) electrons. The highest BCUT2D eigenvalue weighted by Crippen LogP contribution is 2.22. The molecule has 0 atom stereocenters. The lowest BCUT2D eigenvalue weighted by Gasteiger charge is -2.08. The van der Waals surface area contributed by atoms with Gasteiger partial charge in [-0.25, -0.2) is 19.9 Å². The van der Waals surface area contributed by atoms with E-state index >= 15 is 0 Å². The Labute approximate surface area is 153 Å². The molecular formula is C18H13N7O2. The van der Waals surface area contributed by atoms with Gasteiger partial charge >= 0.3 is 0 Å². The Hall–Kier alpha value is -4.14. The van der Waals surface area contributed by atoms with Crippen LogP contribution in [0.1, 0.15) is 10.5 Å². The topological polar surface area (TPSA) is 108 Å². The Morgan fingerprint density at radius 3 is 2.63 bits per heavy atom. The Morgan fingerprint density at radius 1 is 1.00 bits per heavy atom. The summed E-state index contributed by atoms with van der Waals surface area (Å²) in [7, 11) is 0. The number of amides is 1.